The number of para-hydroxylation sites is 1. The Morgan fingerprint density at radius 2 is 2.00 bits per heavy atom. The quantitative estimate of drug-likeness (QED) is 0.397. The van der Waals surface area contributed by atoms with Crippen molar-refractivity contribution in [3.05, 3.63) is 57.1 Å². The average Bonchev–Trinajstić information content (AvgIpc) is 3.57. The Bertz CT molecular complexity index is 1370. The molecule has 1 N–H and O–H groups in total. The molecule has 3 saturated heterocycles. The first-order chi connectivity index (χ1) is 17.3. The maximum Gasteiger partial charge on any atom is 0.311 e. The summed E-state index contributed by atoms with van der Waals surface area (Å²) in [6, 6.07) is 8.21. The molecule has 36 heavy (non-hydrogen) atoms. The van der Waals surface area contributed by atoms with Gasteiger partial charge in [-0.3, -0.25) is 29.4 Å². The van der Waals surface area contributed by atoms with Crippen molar-refractivity contribution in [2.24, 2.45) is 11.8 Å². The number of nitrogens with one attached hydrogen (secondary N) is 1. The number of carbonyl (C=O) groups excluding carboxylic acids is 3. The minimum Gasteiger partial charge on any atom is -0.490 e. The number of rotatable bonds is 4. The number of ether oxygens (including phenoxy) is 1. The summed E-state index contributed by atoms with van der Waals surface area (Å²) >= 11 is 0. The summed E-state index contributed by atoms with van der Waals surface area (Å²) in [5.74, 6) is -2.69. The highest BCUT2D eigenvalue weighted by Gasteiger charge is 2.74. The number of nitrogens with zero attached hydrogens (tertiary/aromatic N) is 3. The van der Waals surface area contributed by atoms with E-state index in [1.807, 2.05) is 25.1 Å². The van der Waals surface area contributed by atoms with Gasteiger partial charge in [-0.1, -0.05) is 25.1 Å². The minimum atomic E-state index is -1.26. The standard InChI is InChI=1S/C26H26N4O6/c1-4-14-7-5-8-15-22(14)27-25(33)26(15)21-20(16-9-6-10-28(16)26)23(31)29(24(21)32)17-12-19(36-3)18(30(34)35)11-13(17)2/h5,7-8,11-12,16,20-21H,4,6,9-10H2,1-3H3,(H,27,33)/t16-,20-,21-,26-/m1/s1. The predicted octanol–water partition coefficient (Wildman–Crippen LogP) is 2.91. The monoisotopic (exact) mass is 490 g/mol. The van der Waals surface area contributed by atoms with Gasteiger partial charge in [0.25, 0.3) is 0 Å². The van der Waals surface area contributed by atoms with Gasteiger partial charge in [0.2, 0.25) is 17.7 Å². The molecule has 10 nitrogen and oxygen atoms in total. The predicted molar refractivity (Wildman–Crippen MR) is 130 cm³/mol. The van der Waals surface area contributed by atoms with Gasteiger partial charge in [-0.2, -0.15) is 0 Å². The number of aryl methyl sites for hydroxylation is 2. The van der Waals surface area contributed by atoms with Crippen LogP contribution in [0.2, 0.25) is 0 Å². The van der Waals surface area contributed by atoms with Crippen LogP contribution < -0.4 is 15.0 Å². The molecule has 0 bridgehead atoms. The Labute approximate surface area is 207 Å². The highest BCUT2D eigenvalue weighted by Crippen LogP contribution is 2.61. The maximum atomic E-state index is 14.2. The lowest BCUT2D eigenvalue weighted by Crippen LogP contribution is -2.54. The third-order valence-corrected chi connectivity index (χ3v) is 8.43. The summed E-state index contributed by atoms with van der Waals surface area (Å²) in [6.45, 7) is 4.27. The van der Waals surface area contributed by atoms with E-state index in [1.165, 1.54) is 19.2 Å². The van der Waals surface area contributed by atoms with E-state index in [2.05, 4.69) is 10.2 Å². The van der Waals surface area contributed by atoms with E-state index in [9.17, 15) is 24.5 Å². The topological polar surface area (TPSA) is 122 Å². The third-order valence-electron chi connectivity index (χ3n) is 8.43. The Hall–Kier alpha value is -3.79. The first kappa shape index (κ1) is 22.7. The van der Waals surface area contributed by atoms with E-state index in [-0.39, 0.29) is 35.0 Å². The van der Waals surface area contributed by atoms with Crippen LogP contribution in [0.3, 0.4) is 0 Å². The molecule has 3 fully saturated rings. The molecule has 0 aliphatic carbocycles. The number of imide groups is 1. The summed E-state index contributed by atoms with van der Waals surface area (Å²) in [7, 11) is 1.31. The molecule has 10 heteroatoms. The number of anilines is 2. The molecule has 0 radical (unpaired) electrons. The van der Waals surface area contributed by atoms with Crippen LogP contribution in [0.5, 0.6) is 5.75 Å². The van der Waals surface area contributed by atoms with Crippen molar-refractivity contribution in [1.29, 1.82) is 0 Å². The van der Waals surface area contributed by atoms with Crippen molar-refractivity contribution in [3.63, 3.8) is 0 Å². The molecule has 6 rings (SSSR count). The maximum absolute atomic E-state index is 14.2. The number of nitro groups is 1. The van der Waals surface area contributed by atoms with Crippen molar-refractivity contribution < 1.29 is 24.0 Å². The van der Waals surface area contributed by atoms with Gasteiger partial charge < -0.3 is 10.1 Å². The van der Waals surface area contributed by atoms with Crippen molar-refractivity contribution in [2.75, 3.05) is 23.9 Å². The molecule has 2 aromatic rings. The van der Waals surface area contributed by atoms with Crippen LogP contribution in [-0.2, 0) is 26.3 Å². The van der Waals surface area contributed by atoms with Gasteiger partial charge >= 0.3 is 5.69 Å². The smallest absolute Gasteiger partial charge is 0.311 e. The van der Waals surface area contributed by atoms with Crippen LogP contribution in [0.1, 0.15) is 36.5 Å². The van der Waals surface area contributed by atoms with E-state index in [1.54, 1.807) is 6.92 Å². The van der Waals surface area contributed by atoms with Crippen LogP contribution in [-0.4, -0.2) is 47.2 Å². The molecule has 0 aromatic heterocycles. The Morgan fingerprint density at radius 1 is 1.22 bits per heavy atom. The van der Waals surface area contributed by atoms with Crippen LogP contribution in [0, 0.1) is 28.9 Å². The number of benzene rings is 2. The fraction of sp³-hybridized carbons (Fsp3) is 0.423. The molecular weight excluding hydrogens is 464 g/mol. The first-order valence-corrected chi connectivity index (χ1v) is 12.2. The van der Waals surface area contributed by atoms with Gasteiger partial charge in [-0.15, -0.1) is 0 Å². The average molecular weight is 491 g/mol. The number of fused-ring (bicyclic) bond motifs is 7. The molecule has 4 heterocycles. The van der Waals surface area contributed by atoms with E-state index in [0.29, 0.717) is 18.5 Å². The Kier molecular flexibility index (Phi) is 4.79. The lowest BCUT2D eigenvalue weighted by atomic mass is 9.75. The summed E-state index contributed by atoms with van der Waals surface area (Å²) in [4.78, 5) is 56.2. The molecule has 4 aliphatic rings. The fourth-order valence-corrected chi connectivity index (χ4v) is 7.03. The molecule has 1 spiro atoms. The molecular formula is C26H26N4O6. The van der Waals surface area contributed by atoms with Gasteiger partial charge in [0.1, 0.15) is 5.54 Å². The summed E-state index contributed by atoms with van der Waals surface area (Å²) in [6.07, 6.45) is 2.27. The number of amides is 3. The van der Waals surface area contributed by atoms with Crippen molar-refractivity contribution in [2.45, 2.75) is 44.7 Å². The van der Waals surface area contributed by atoms with Crippen molar-refractivity contribution in [3.8, 4) is 5.75 Å². The van der Waals surface area contributed by atoms with Crippen molar-refractivity contribution in [1.82, 2.24) is 4.90 Å². The number of nitro benzene ring substituents is 1. The van der Waals surface area contributed by atoms with Gasteiger partial charge in [-0.25, -0.2) is 4.90 Å². The zero-order valence-corrected chi connectivity index (χ0v) is 20.2. The molecule has 3 amide bonds. The highest BCUT2D eigenvalue weighted by molar-refractivity contribution is 6.26. The molecule has 0 unspecified atom stereocenters. The molecule has 2 aromatic carbocycles. The van der Waals surface area contributed by atoms with Crippen LogP contribution in [0.15, 0.2) is 30.3 Å². The molecule has 4 aliphatic heterocycles. The molecule has 0 saturated carbocycles. The molecule has 186 valence electrons. The Morgan fingerprint density at radius 3 is 2.69 bits per heavy atom. The first-order valence-electron chi connectivity index (χ1n) is 12.2. The summed E-state index contributed by atoms with van der Waals surface area (Å²) in [5.41, 5.74) is 1.64. The second kappa shape index (κ2) is 7.60. The second-order valence-electron chi connectivity index (χ2n) is 9.90. The largest absolute Gasteiger partial charge is 0.490 e. The van der Waals surface area contributed by atoms with Gasteiger partial charge in [0, 0.05) is 29.4 Å². The van der Waals surface area contributed by atoms with Gasteiger partial charge in [0.05, 0.1) is 29.6 Å². The van der Waals surface area contributed by atoms with Gasteiger partial charge in [0.15, 0.2) is 5.75 Å². The zero-order chi connectivity index (χ0) is 25.5. The summed E-state index contributed by atoms with van der Waals surface area (Å²) < 4.78 is 5.21. The number of hydrogen-bond donors (Lipinski definition) is 1. The fourth-order valence-electron chi connectivity index (χ4n) is 7.03. The second-order valence-corrected chi connectivity index (χ2v) is 9.90. The zero-order valence-electron chi connectivity index (χ0n) is 20.2. The molecule has 4 atom stereocenters. The van der Waals surface area contributed by atoms with Crippen LogP contribution in [0.4, 0.5) is 17.1 Å². The normalized spacial score (nSPS) is 28.5. The Balaban J connectivity index is 1.54. The van der Waals surface area contributed by atoms with E-state index in [0.717, 1.165) is 34.6 Å². The lowest BCUT2D eigenvalue weighted by Gasteiger charge is -2.36. The lowest BCUT2D eigenvalue weighted by molar-refractivity contribution is -0.385. The summed E-state index contributed by atoms with van der Waals surface area (Å²) in [5, 5.41) is 14.5. The van der Waals surface area contributed by atoms with Crippen LogP contribution in [0.25, 0.3) is 0 Å². The van der Waals surface area contributed by atoms with E-state index < -0.39 is 28.2 Å². The van der Waals surface area contributed by atoms with E-state index in [4.69, 9.17) is 4.74 Å². The van der Waals surface area contributed by atoms with Gasteiger partial charge in [-0.05, 0) is 43.9 Å². The van der Waals surface area contributed by atoms with E-state index >= 15 is 0 Å². The number of carbonyl (C=O) groups is 3. The third kappa shape index (κ3) is 2.57. The number of hydrogen-bond acceptors (Lipinski definition) is 7. The SMILES string of the molecule is CCc1cccc2c1NC(=O)[C@]21[C@H]2C(=O)N(c3cc(OC)c([N+](=O)[O-])cc3C)C(=O)[C@@H]2[C@H]2CCCN21. The number of methoxy groups -OCH3 is 1. The van der Waals surface area contributed by atoms with Crippen molar-refractivity contribution >= 4 is 34.8 Å². The van der Waals surface area contributed by atoms with Crippen LogP contribution >= 0.6 is 0 Å². The minimum absolute atomic E-state index is 0.0352. The highest BCUT2D eigenvalue weighted by atomic mass is 16.6.